The molecule has 12 heteroatoms. The number of carbonyl (C=O) groups is 1. The lowest BCUT2D eigenvalue weighted by molar-refractivity contribution is -0.110. The Morgan fingerprint density at radius 3 is 2.72 bits per heavy atom. The van der Waals surface area contributed by atoms with Crippen LogP contribution in [0.5, 0.6) is 5.75 Å². The lowest BCUT2D eigenvalue weighted by Crippen LogP contribution is -2.47. The van der Waals surface area contributed by atoms with Crippen LogP contribution in [0.25, 0.3) is 5.65 Å². The molecule has 0 unspecified atom stereocenters. The number of rotatable bonds is 11. The highest BCUT2D eigenvalue weighted by molar-refractivity contribution is 6.46. The molecule has 2 aromatic heterocycles. The minimum absolute atomic E-state index is 0.0429. The maximum absolute atomic E-state index is 12.5. The van der Waals surface area contributed by atoms with Crippen molar-refractivity contribution in [3.05, 3.63) is 36.4 Å². The molecular weight excluding hydrogens is 432 g/mol. The van der Waals surface area contributed by atoms with Gasteiger partial charge in [0.2, 0.25) is 0 Å². The van der Waals surface area contributed by atoms with E-state index in [-0.39, 0.29) is 12.5 Å². The van der Waals surface area contributed by atoms with Crippen molar-refractivity contribution in [1.29, 1.82) is 5.41 Å². The highest BCUT2D eigenvalue weighted by Gasteiger charge is 2.31. The van der Waals surface area contributed by atoms with Crippen molar-refractivity contribution >= 4 is 23.0 Å². The van der Waals surface area contributed by atoms with E-state index in [2.05, 4.69) is 15.6 Å². The van der Waals surface area contributed by atoms with Gasteiger partial charge in [-0.1, -0.05) is 0 Å². The summed E-state index contributed by atoms with van der Waals surface area (Å²) in [6.07, 6.45) is 0.633. The number of hydrogen-bond donors (Lipinski definition) is 3. The second kappa shape index (κ2) is 10.4. The summed E-state index contributed by atoms with van der Waals surface area (Å²) in [7, 11) is 0. The van der Waals surface area contributed by atoms with Gasteiger partial charge in [0, 0.05) is 37.5 Å². The van der Waals surface area contributed by atoms with E-state index < -0.39 is 31.0 Å². The molecule has 0 atom stereocenters. The lowest BCUT2D eigenvalue weighted by Gasteiger charge is -2.37. The number of imidazole rings is 1. The van der Waals surface area contributed by atoms with Gasteiger partial charge in [-0.05, 0) is 19.2 Å². The van der Waals surface area contributed by atoms with Gasteiger partial charge in [-0.15, -0.1) is 0 Å². The van der Waals surface area contributed by atoms with Gasteiger partial charge in [-0.25, -0.2) is 22.5 Å². The van der Waals surface area contributed by atoms with Crippen molar-refractivity contribution < 1.29 is 27.1 Å². The van der Waals surface area contributed by atoms with Crippen LogP contribution in [0.3, 0.4) is 0 Å². The van der Waals surface area contributed by atoms with Crippen LogP contribution >= 0.6 is 0 Å². The Balaban J connectivity index is 1.71. The average molecular weight is 456 g/mol. The summed E-state index contributed by atoms with van der Waals surface area (Å²) < 4.78 is 56.5. The van der Waals surface area contributed by atoms with Crippen LogP contribution in [-0.2, 0) is 4.79 Å². The van der Waals surface area contributed by atoms with Gasteiger partial charge in [0.25, 0.3) is 18.8 Å². The molecule has 0 aromatic carbocycles. The Labute approximate surface area is 181 Å². The largest absolute Gasteiger partial charge is 0.491 e. The molecule has 0 aliphatic carbocycles. The first-order valence-electron chi connectivity index (χ1n) is 10.0. The highest BCUT2D eigenvalue weighted by Crippen LogP contribution is 2.30. The van der Waals surface area contributed by atoms with E-state index in [0.717, 1.165) is 18.0 Å². The van der Waals surface area contributed by atoms with Gasteiger partial charge >= 0.3 is 0 Å². The fourth-order valence-electron chi connectivity index (χ4n) is 3.27. The summed E-state index contributed by atoms with van der Waals surface area (Å²) in [5.74, 6) is -0.352. The van der Waals surface area contributed by atoms with Gasteiger partial charge in [0.05, 0.1) is 25.4 Å². The monoisotopic (exact) mass is 456 g/mol. The summed E-state index contributed by atoms with van der Waals surface area (Å²) in [6.45, 7) is 2.26. The van der Waals surface area contributed by atoms with E-state index >= 15 is 0 Å². The molecule has 3 N–H and O–H groups in total. The molecule has 0 bridgehead atoms. The Bertz CT molecular complexity index is 988. The Kier molecular flexibility index (Phi) is 7.67. The third-order valence-corrected chi connectivity index (χ3v) is 4.78. The molecule has 1 aliphatic heterocycles. The number of nitrogens with zero attached hydrogens (tertiary/aromatic N) is 3. The number of nitrogens with one attached hydrogen (secondary N) is 3. The number of fused-ring (bicyclic) bond motifs is 1. The van der Waals surface area contributed by atoms with Crippen LogP contribution in [0.4, 0.5) is 23.2 Å². The first-order chi connectivity index (χ1) is 15.3. The third kappa shape index (κ3) is 5.96. The van der Waals surface area contributed by atoms with E-state index in [1.165, 1.54) is 0 Å². The first kappa shape index (κ1) is 23.5. The minimum Gasteiger partial charge on any atom is -0.491 e. The number of ether oxygens (including phenoxy) is 1. The summed E-state index contributed by atoms with van der Waals surface area (Å²) >= 11 is 0. The van der Waals surface area contributed by atoms with Crippen molar-refractivity contribution in [1.82, 2.24) is 19.6 Å². The molecule has 0 saturated carbocycles. The van der Waals surface area contributed by atoms with Crippen molar-refractivity contribution in [3.8, 4) is 5.75 Å². The van der Waals surface area contributed by atoms with E-state index in [9.17, 15) is 22.4 Å². The number of amides is 1. The zero-order chi connectivity index (χ0) is 23.3. The normalized spacial score (nSPS) is 15.0. The molecule has 1 saturated heterocycles. The predicted octanol–water partition coefficient (Wildman–Crippen LogP) is 2.72. The van der Waals surface area contributed by atoms with Crippen molar-refractivity contribution in [3.63, 3.8) is 0 Å². The van der Waals surface area contributed by atoms with Crippen LogP contribution in [0, 0.1) is 5.41 Å². The Morgan fingerprint density at radius 2 is 2.06 bits per heavy atom. The van der Waals surface area contributed by atoms with E-state index in [4.69, 9.17) is 10.1 Å². The van der Waals surface area contributed by atoms with Gasteiger partial charge in [-0.2, -0.15) is 0 Å². The quantitative estimate of drug-likeness (QED) is 0.357. The van der Waals surface area contributed by atoms with Crippen molar-refractivity contribution in [2.24, 2.45) is 0 Å². The van der Waals surface area contributed by atoms with Crippen LogP contribution in [0.2, 0.25) is 0 Å². The first-order valence-corrected chi connectivity index (χ1v) is 10.0. The summed E-state index contributed by atoms with van der Waals surface area (Å²) in [6, 6.07) is 1.64. The topological polar surface area (TPSA) is 94.8 Å². The van der Waals surface area contributed by atoms with Crippen LogP contribution in [-0.4, -0.2) is 71.5 Å². The van der Waals surface area contributed by atoms with Crippen molar-refractivity contribution in [2.45, 2.75) is 25.7 Å². The summed E-state index contributed by atoms with van der Waals surface area (Å²) in [5.41, 5.74) is 1.19. The fraction of sp³-hybridized carbons (Fsp3) is 0.450. The maximum Gasteiger partial charge on any atom is 0.273 e. The number of pyridine rings is 1. The van der Waals surface area contributed by atoms with Crippen LogP contribution in [0.1, 0.15) is 18.5 Å². The molecule has 32 heavy (non-hydrogen) atoms. The molecule has 0 spiro atoms. The second-order valence-electron chi connectivity index (χ2n) is 7.22. The number of hydrogen-bond acceptors (Lipinski definition) is 6. The van der Waals surface area contributed by atoms with Gasteiger partial charge in [0.15, 0.2) is 0 Å². The van der Waals surface area contributed by atoms with Crippen molar-refractivity contribution in [2.75, 3.05) is 38.1 Å². The number of alkyl halides is 4. The van der Waals surface area contributed by atoms with Gasteiger partial charge in [0.1, 0.15) is 22.8 Å². The molecule has 3 heterocycles. The summed E-state index contributed by atoms with van der Waals surface area (Å²) in [4.78, 5) is 18.5. The Hall–Kier alpha value is -3.15. The fourth-order valence-corrected chi connectivity index (χ4v) is 3.27. The zero-order valence-electron chi connectivity index (χ0n) is 17.3. The number of halogens is 4. The molecule has 8 nitrogen and oxygen atoms in total. The number of likely N-dealkylation sites (tertiary alicyclic amines) is 1. The van der Waals surface area contributed by atoms with E-state index in [1.807, 2.05) is 0 Å². The molecule has 3 rings (SSSR count). The molecular formula is C20H24F4N6O2. The minimum atomic E-state index is -2.55. The second-order valence-corrected chi connectivity index (χ2v) is 7.22. The molecule has 0 radical (unpaired) electrons. The summed E-state index contributed by atoms with van der Waals surface area (Å²) in [5, 5.41) is 12.7. The standard InChI is InChI=1S/C20H24F4N6O2/c1-2-32-16-5-19-27-14(12-7-29(8-12)11-18(23)24)9-30(19)10-15(16)28-20(31)13(25)3-4-26-6-17(21)22/h3-5,9-10,12,17-18,25-26H,2,6-8,11H2,1H3,(H,28,31)/b4-3-,25-13?. The van der Waals surface area contributed by atoms with E-state index in [0.29, 0.717) is 36.8 Å². The predicted molar refractivity (Wildman–Crippen MR) is 111 cm³/mol. The van der Waals surface area contributed by atoms with Crippen LogP contribution < -0.4 is 15.4 Å². The molecule has 2 aromatic rings. The molecule has 174 valence electrons. The Morgan fingerprint density at radius 1 is 1.31 bits per heavy atom. The highest BCUT2D eigenvalue weighted by atomic mass is 19.3. The van der Waals surface area contributed by atoms with Crippen LogP contribution in [0.15, 0.2) is 30.7 Å². The molecule has 1 fully saturated rings. The lowest BCUT2D eigenvalue weighted by atomic mass is 9.97. The number of anilines is 1. The third-order valence-electron chi connectivity index (χ3n) is 4.78. The van der Waals surface area contributed by atoms with Gasteiger partial charge < -0.3 is 19.8 Å². The number of carbonyl (C=O) groups excluding carboxylic acids is 1. The van der Waals surface area contributed by atoms with E-state index in [1.54, 1.807) is 34.7 Å². The number of aromatic nitrogens is 2. The van der Waals surface area contributed by atoms with Gasteiger partial charge in [-0.3, -0.25) is 15.1 Å². The molecule has 1 amide bonds. The average Bonchev–Trinajstić information content (AvgIpc) is 3.09. The SMILES string of the molecule is CCOc1cc2nc(C3CN(CC(F)F)C3)cn2cc1NC(=O)C(=N)/C=C\NCC(F)F. The maximum atomic E-state index is 12.5. The zero-order valence-corrected chi connectivity index (χ0v) is 17.3. The smallest absolute Gasteiger partial charge is 0.273 e. The molecule has 1 aliphatic rings.